The number of rotatable bonds is 1. The molecule has 0 atom stereocenters. The van der Waals surface area contributed by atoms with Gasteiger partial charge >= 0.3 is 12.1 Å². The molecule has 1 aliphatic heterocycles. The van der Waals surface area contributed by atoms with Gasteiger partial charge < -0.3 is 4.74 Å². The number of amides is 3. The quantitative estimate of drug-likeness (QED) is 0.685. The smallest absolute Gasteiger partial charge is 0.415 e. The SMILES string of the molecule is CC(C)(C)OC(=O)NC(=O)N1/C(=N/NO)c2cccc1c2. The maximum atomic E-state index is 12.2. The van der Waals surface area contributed by atoms with E-state index in [9.17, 15) is 9.59 Å². The number of nitrogens with one attached hydrogen (secondary N) is 2. The van der Waals surface area contributed by atoms with Gasteiger partial charge in [0, 0.05) is 5.56 Å². The number of urea groups is 1. The molecule has 8 nitrogen and oxygen atoms in total. The molecule has 3 N–H and O–H groups in total. The molecule has 2 bridgehead atoms. The second kappa shape index (κ2) is 5.41. The topological polar surface area (TPSA) is 103 Å². The van der Waals surface area contributed by atoms with Crippen molar-refractivity contribution in [1.82, 2.24) is 10.9 Å². The van der Waals surface area contributed by atoms with Gasteiger partial charge in [-0.05, 0) is 32.9 Å². The van der Waals surface area contributed by atoms with E-state index in [0.29, 0.717) is 11.3 Å². The minimum absolute atomic E-state index is 0.179. The molecule has 2 rings (SSSR count). The summed E-state index contributed by atoms with van der Waals surface area (Å²) in [4.78, 5) is 25.0. The average molecular weight is 292 g/mol. The number of carbonyl (C=O) groups is 2. The van der Waals surface area contributed by atoms with Gasteiger partial charge in [-0.3, -0.25) is 5.21 Å². The van der Waals surface area contributed by atoms with Crippen LogP contribution in [0, 0.1) is 0 Å². The molecule has 1 aromatic carbocycles. The van der Waals surface area contributed by atoms with Gasteiger partial charge in [-0.15, -0.1) is 5.10 Å². The van der Waals surface area contributed by atoms with Crippen LogP contribution >= 0.6 is 0 Å². The van der Waals surface area contributed by atoms with Gasteiger partial charge in [0.25, 0.3) is 0 Å². The molecule has 21 heavy (non-hydrogen) atoms. The lowest BCUT2D eigenvalue weighted by atomic mass is 10.2. The number of anilines is 1. The first kappa shape index (κ1) is 14.8. The first-order valence-corrected chi connectivity index (χ1v) is 6.23. The van der Waals surface area contributed by atoms with Crippen molar-refractivity contribution in [1.29, 1.82) is 0 Å². The van der Waals surface area contributed by atoms with E-state index in [1.54, 1.807) is 50.6 Å². The van der Waals surface area contributed by atoms with E-state index in [1.807, 2.05) is 0 Å². The molecule has 0 saturated carbocycles. The Morgan fingerprint density at radius 3 is 2.67 bits per heavy atom. The highest BCUT2D eigenvalue weighted by molar-refractivity contribution is 6.27. The Kier molecular flexibility index (Phi) is 3.81. The summed E-state index contributed by atoms with van der Waals surface area (Å²) in [7, 11) is 0. The summed E-state index contributed by atoms with van der Waals surface area (Å²) >= 11 is 0. The van der Waals surface area contributed by atoms with Crippen LogP contribution in [0.5, 0.6) is 0 Å². The predicted molar refractivity (Wildman–Crippen MR) is 75.1 cm³/mol. The summed E-state index contributed by atoms with van der Waals surface area (Å²) in [5, 5.41) is 14.5. The van der Waals surface area contributed by atoms with E-state index in [0.717, 1.165) is 4.90 Å². The normalized spacial score (nSPS) is 15.0. The molecule has 1 heterocycles. The minimum atomic E-state index is -0.858. The van der Waals surface area contributed by atoms with Crippen molar-refractivity contribution in [2.45, 2.75) is 26.4 Å². The largest absolute Gasteiger partial charge is 0.443 e. The van der Waals surface area contributed by atoms with E-state index in [1.165, 1.54) is 0 Å². The molecule has 112 valence electrons. The van der Waals surface area contributed by atoms with E-state index < -0.39 is 17.7 Å². The highest BCUT2D eigenvalue weighted by atomic mass is 16.6. The lowest BCUT2D eigenvalue weighted by Crippen LogP contribution is -2.46. The Labute approximate surface area is 121 Å². The Morgan fingerprint density at radius 1 is 1.33 bits per heavy atom. The number of alkyl carbamates (subject to hydrolysis) is 1. The maximum Gasteiger partial charge on any atom is 0.415 e. The summed E-state index contributed by atoms with van der Waals surface area (Å²) in [6.07, 6.45) is -0.858. The van der Waals surface area contributed by atoms with Crippen LogP contribution < -0.4 is 15.8 Å². The molecule has 8 heteroatoms. The van der Waals surface area contributed by atoms with Crippen molar-refractivity contribution < 1.29 is 19.5 Å². The van der Waals surface area contributed by atoms with Crippen LogP contribution in [0.4, 0.5) is 15.3 Å². The molecular formula is C13H16N4O4. The first-order valence-electron chi connectivity index (χ1n) is 6.23. The zero-order valence-electron chi connectivity index (χ0n) is 11.9. The van der Waals surface area contributed by atoms with Gasteiger partial charge in [0.15, 0.2) is 5.84 Å². The summed E-state index contributed by atoms with van der Waals surface area (Å²) in [6.45, 7) is 5.08. The number of ether oxygens (including phenoxy) is 1. The molecule has 0 spiro atoms. The van der Waals surface area contributed by atoms with Crippen molar-refractivity contribution in [3.8, 4) is 0 Å². The number of fused-ring (bicyclic) bond motifs is 2. The van der Waals surface area contributed by atoms with Crippen LogP contribution in [0.1, 0.15) is 26.3 Å². The van der Waals surface area contributed by atoms with Gasteiger partial charge in [-0.2, -0.15) is 5.59 Å². The van der Waals surface area contributed by atoms with E-state index >= 15 is 0 Å². The van der Waals surface area contributed by atoms with Gasteiger partial charge in [-0.1, -0.05) is 12.1 Å². The fourth-order valence-electron chi connectivity index (χ4n) is 1.86. The highest BCUT2D eigenvalue weighted by Gasteiger charge is 2.31. The molecule has 0 saturated heterocycles. The number of hydrogen-bond donors (Lipinski definition) is 3. The van der Waals surface area contributed by atoms with Crippen molar-refractivity contribution in [3.05, 3.63) is 29.8 Å². The molecule has 1 aromatic rings. The molecular weight excluding hydrogens is 276 g/mol. The molecule has 0 radical (unpaired) electrons. The summed E-state index contributed by atoms with van der Waals surface area (Å²) in [5.41, 5.74) is 2.10. The number of benzene rings is 1. The van der Waals surface area contributed by atoms with Gasteiger partial charge in [-0.25, -0.2) is 19.8 Å². The van der Waals surface area contributed by atoms with Crippen LogP contribution in [-0.2, 0) is 4.74 Å². The lowest BCUT2D eigenvalue weighted by Gasteiger charge is -2.21. The number of hydrogen-bond acceptors (Lipinski definition) is 6. The third-order valence-corrected chi connectivity index (χ3v) is 2.54. The van der Waals surface area contributed by atoms with Gasteiger partial charge in [0.2, 0.25) is 0 Å². The fourth-order valence-corrected chi connectivity index (χ4v) is 1.86. The highest BCUT2D eigenvalue weighted by Crippen LogP contribution is 2.26. The van der Waals surface area contributed by atoms with Crippen LogP contribution in [0.25, 0.3) is 0 Å². The van der Waals surface area contributed by atoms with Crippen molar-refractivity contribution >= 4 is 23.6 Å². The third-order valence-electron chi connectivity index (χ3n) is 2.54. The standard InChI is InChI=1S/C13H16N4O4/c1-13(2,3)21-12(19)14-11(18)17-9-6-4-5-8(7-9)10(17)15-16-20/h4-7,16,20H,1-3H3,(H,14,18,19)/b15-10+. The van der Waals surface area contributed by atoms with Gasteiger partial charge in [0.05, 0.1) is 5.69 Å². The van der Waals surface area contributed by atoms with Gasteiger partial charge in [0.1, 0.15) is 5.60 Å². The van der Waals surface area contributed by atoms with E-state index in [4.69, 9.17) is 9.94 Å². The molecule has 0 fully saturated rings. The number of nitrogens with zero attached hydrogens (tertiary/aromatic N) is 2. The summed E-state index contributed by atoms with van der Waals surface area (Å²) in [5.74, 6) is 0.179. The Bertz CT molecular complexity index is 606. The monoisotopic (exact) mass is 292 g/mol. The van der Waals surface area contributed by atoms with Crippen molar-refractivity contribution in [3.63, 3.8) is 0 Å². The van der Waals surface area contributed by atoms with Crippen LogP contribution in [0.2, 0.25) is 0 Å². The third kappa shape index (κ3) is 3.29. The number of carbonyl (C=O) groups excluding carboxylic acids is 2. The van der Waals surface area contributed by atoms with Crippen LogP contribution in [0.3, 0.4) is 0 Å². The number of hydrazone groups is 1. The molecule has 3 amide bonds. The lowest BCUT2D eigenvalue weighted by molar-refractivity contribution is 0.0550. The second-order valence-electron chi connectivity index (χ2n) is 5.35. The first-order chi connectivity index (χ1) is 9.81. The maximum absolute atomic E-state index is 12.2. The Hall–Kier alpha value is -2.61. The molecule has 0 aliphatic carbocycles. The summed E-state index contributed by atoms with van der Waals surface area (Å²) in [6, 6.07) is 6.11. The minimum Gasteiger partial charge on any atom is -0.443 e. The van der Waals surface area contributed by atoms with E-state index in [-0.39, 0.29) is 5.84 Å². The van der Waals surface area contributed by atoms with Crippen LogP contribution in [0.15, 0.2) is 29.4 Å². The fraction of sp³-hybridized carbons (Fsp3) is 0.308. The zero-order valence-corrected chi connectivity index (χ0v) is 11.9. The Morgan fingerprint density at radius 2 is 2.05 bits per heavy atom. The van der Waals surface area contributed by atoms with E-state index in [2.05, 4.69) is 10.4 Å². The second-order valence-corrected chi connectivity index (χ2v) is 5.35. The average Bonchev–Trinajstić information content (AvgIpc) is 2.58. The zero-order chi connectivity index (χ0) is 15.6. The van der Waals surface area contributed by atoms with Crippen LogP contribution in [-0.4, -0.2) is 28.8 Å². The predicted octanol–water partition coefficient (Wildman–Crippen LogP) is 1.79. The summed E-state index contributed by atoms with van der Waals surface area (Å²) < 4.78 is 5.02. The number of amidine groups is 1. The molecule has 1 aliphatic rings. The molecule has 0 unspecified atom stereocenters. The van der Waals surface area contributed by atoms with Crippen molar-refractivity contribution in [2.75, 3.05) is 4.90 Å². The number of imide groups is 1. The van der Waals surface area contributed by atoms with Crippen molar-refractivity contribution in [2.24, 2.45) is 5.10 Å². The Balaban J connectivity index is 2.15. The molecule has 0 aromatic heterocycles.